The van der Waals surface area contributed by atoms with Crippen LogP contribution in [0.25, 0.3) is 11.0 Å². The van der Waals surface area contributed by atoms with Crippen LogP contribution in [-0.2, 0) is 11.3 Å². The standard InChI is InChI=1S/C11H11ClIN3O/c1-11(4-17-5-11)3-16-2-7(13)8-9(12)14-6-15-10(8)16/h2,6H,3-5H2,1H3. The molecule has 0 spiro atoms. The van der Waals surface area contributed by atoms with E-state index in [1.54, 1.807) is 0 Å². The molecule has 2 aromatic heterocycles. The van der Waals surface area contributed by atoms with Gasteiger partial charge in [0.05, 0.1) is 18.6 Å². The van der Waals surface area contributed by atoms with Crippen molar-refractivity contribution in [2.75, 3.05) is 13.2 Å². The Morgan fingerprint density at radius 2 is 2.29 bits per heavy atom. The summed E-state index contributed by atoms with van der Waals surface area (Å²) in [6.45, 7) is 4.74. The van der Waals surface area contributed by atoms with Gasteiger partial charge in [0, 0.05) is 21.7 Å². The van der Waals surface area contributed by atoms with Gasteiger partial charge < -0.3 is 9.30 Å². The number of aromatic nitrogens is 3. The van der Waals surface area contributed by atoms with Crippen LogP contribution in [-0.4, -0.2) is 27.7 Å². The van der Waals surface area contributed by atoms with Crippen molar-refractivity contribution in [2.24, 2.45) is 5.41 Å². The zero-order chi connectivity index (χ0) is 12.0. The van der Waals surface area contributed by atoms with E-state index in [0.29, 0.717) is 5.15 Å². The van der Waals surface area contributed by atoms with Crippen molar-refractivity contribution in [1.82, 2.24) is 14.5 Å². The summed E-state index contributed by atoms with van der Waals surface area (Å²) in [5.74, 6) is 0. The van der Waals surface area contributed by atoms with Crippen LogP contribution in [0.1, 0.15) is 6.92 Å². The molecule has 0 N–H and O–H groups in total. The van der Waals surface area contributed by atoms with Gasteiger partial charge in [-0.25, -0.2) is 9.97 Å². The topological polar surface area (TPSA) is 39.9 Å². The molecule has 1 aliphatic heterocycles. The SMILES string of the molecule is CC1(Cn2cc(I)c3c(Cl)ncnc32)COC1. The van der Waals surface area contributed by atoms with E-state index in [1.165, 1.54) is 6.33 Å². The third-order valence-electron chi connectivity index (χ3n) is 3.01. The van der Waals surface area contributed by atoms with Crippen molar-refractivity contribution in [2.45, 2.75) is 13.5 Å². The van der Waals surface area contributed by atoms with Gasteiger partial charge in [-0.05, 0) is 22.6 Å². The summed E-state index contributed by atoms with van der Waals surface area (Å²) >= 11 is 8.37. The largest absolute Gasteiger partial charge is 0.380 e. The van der Waals surface area contributed by atoms with Crippen LogP contribution in [0.3, 0.4) is 0 Å². The summed E-state index contributed by atoms with van der Waals surface area (Å²) in [6, 6.07) is 0. The second-order valence-electron chi connectivity index (χ2n) is 4.77. The highest BCUT2D eigenvalue weighted by atomic mass is 127. The van der Waals surface area contributed by atoms with Crippen molar-refractivity contribution >= 4 is 45.2 Å². The lowest BCUT2D eigenvalue weighted by atomic mass is 9.89. The van der Waals surface area contributed by atoms with Crippen LogP contribution >= 0.6 is 34.2 Å². The molecule has 0 bridgehead atoms. The van der Waals surface area contributed by atoms with E-state index < -0.39 is 0 Å². The summed E-state index contributed by atoms with van der Waals surface area (Å²) in [7, 11) is 0. The molecule has 3 rings (SSSR count). The number of hydrogen-bond acceptors (Lipinski definition) is 3. The van der Waals surface area contributed by atoms with Crippen molar-refractivity contribution < 1.29 is 4.74 Å². The van der Waals surface area contributed by atoms with Crippen LogP contribution in [0.4, 0.5) is 0 Å². The first-order valence-electron chi connectivity index (χ1n) is 5.32. The summed E-state index contributed by atoms with van der Waals surface area (Å²) in [5, 5.41) is 1.46. The van der Waals surface area contributed by atoms with Gasteiger partial charge in [-0.1, -0.05) is 18.5 Å². The number of ether oxygens (including phenoxy) is 1. The number of halogens is 2. The van der Waals surface area contributed by atoms with Crippen LogP contribution in [0.15, 0.2) is 12.5 Å². The number of hydrogen-bond donors (Lipinski definition) is 0. The van der Waals surface area contributed by atoms with Crippen LogP contribution in [0.5, 0.6) is 0 Å². The highest BCUT2D eigenvalue weighted by Gasteiger charge is 2.34. The van der Waals surface area contributed by atoms with E-state index in [4.69, 9.17) is 16.3 Å². The smallest absolute Gasteiger partial charge is 0.145 e. The molecule has 0 atom stereocenters. The maximum absolute atomic E-state index is 6.10. The molecule has 1 fully saturated rings. The lowest BCUT2D eigenvalue weighted by Crippen LogP contribution is -2.43. The zero-order valence-corrected chi connectivity index (χ0v) is 12.2. The molecule has 90 valence electrons. The Labute approximate surface area is 117 Å². The molecule has 0 unspecified atom stereocenters. The van der Waals surface area contributed by atoms with Crippen molar-refractivity contribution in [3.63, 3.8) is 0 Å². The predicted molar refractivity (Wildman–Crippen MR) is 74.2 cm³/mol. The van der Waals surface area contributed by atoms with Crippen LogP contribution < -0.4 is 0 Å². The quantitative estimate of drug-likeness (QED) is 0.608. The van der Waals surface area contributed by atoms with Gasteiger partial charge in [-0.15, -0.1) is 0 Å². The minimum Gasteiger partial charge on any atom is -0.380 e. The summed E-state index contributed by atoms with van der Waals surface area (Å²) < 4.78 is 8.51. The van der Waals surface area contributed by atoms with E-state index >= 15 is 0 Å². The fraction of sp³-hybridized carbons (Fsp3) is 0.455. The number of fused-ring (bicyclic) bond motifs is 1. The lowest BCUT2D eigenvalue weighted by Gasteiger charge is -2.38. The second kappa shape index (κ2) is 4.07. The molecule has 0 aliphatic carbocycles. The molecule has 0 aromatic carbocycles. The number of rotatable bonds is 2. The van der Waals surface area contributed by atoms with E-state index in [2.05, 4.69) is 50.2 Å². The monoisotopic (exact) mass is 363 g/mol. The second-order valence-corrected chi connectivity index (χ2v) is 6.29. The fourth-order valence-electron chi connectivity index (χ4n) is 2.11. The van der Waals surface area contributed by atoms with Crippen LogP contribution in [0.2, 0.25) is 5.15 Å². The average Bonchev–Trinajstić information content (AvgIpc) is 2.55. The van der Waals surface area contributed by atoms with Gasteiger partial charge in [0.25, 0.3) is 0 Å². The highest BCUT2D eigenvalue weighted by Crippen LogP contribution is 2.32. The third kappa shape index (κ3) is 1.94. The Hall–Kier alpha value is -0.400. The third-order valence-corrected chi connectivity index (χ3v) is 4.12. The average molecular weight is 364 g/mol. The molecule has 17 heavy (non-hydrogen) atoms. The minimum atomic E-state index is 0.215. The van der Waals surface area contributed by atoms with Crippen LogP contribution in [0, 0.1) is 8.99 Å². The fourth-order valence-corrected chi connectivity index (χ4v) is 3.34. The molecule has 2 aromatic rings. The summed E-state index contributed by atoms with van der Waals surface area (Å²) in [6.07, 6.45) is 3.59. The Kier molecular flexibility index (Phi) is 2.79. The first-order valence-corrected chi connectivity index (χ1v) is 6.77. The molecule has 1 aliphatic rings. The highest BCUT2D eigenvalue weighted by molar-refractivity contribution is 14.1. The predicted octanol–water partition coefficient (Wildman–Crippen LogP) is 2.73. The van der Waals surface area contributed by atoms with Gasteiger partial charge in [-0.2, -0.15) is 0 Å². The Morgan fingerprint density at radius 1 is 1.53 bits per heavy atom. The molecule has 6 heteroatoms. The molecular weight excluding hydrogens is 352 g/mol. The van der Waals surface area contributed by atoms with Crippen molar-refractivity contribution in [3.05, 3.63) is 21.2 Å². The molecule has 3 heterocycles. The minimum absolute atomic E-state index is 0.215. The van der Waals surface area contributed by atoms with Gasteiger partial charge >= 0.3 is 0 Å². The molecule has 4 nitrogen and oxygen atoms in total. The van der Waals surface area contributed by atoms with Gasteiger partial charge in [0.2, 0.25) is 0 Å². The summed E-state index contributed by atoms with van der Waals surface area (Å²) in [4.78, 5) is 8.35. The van der Waals surface area contributed by atoms with E-state index in [-0.39, 0.29) is 5.41 Å². The molecule has 0 amide bonds. The summed E-state index contributed by atoms with van der Waals surface area (Å²) in [5.41, 5.74) is 1.12. The van der Waals surface area contributed by atoms with Crippen molar-refractivity contribution in [3.8, 4) is 0 Å². The normalized spacial score (nSPS) is 18.3. The Bertz CT molecular complexity index is 579. The van der Waals surface area contributed by atoms with E-state index in [0.717, 1.165) is 34.4 Å². The Balaban J connectivity index is 2.08. The van der Waals surface area contributed by atoms with Crippen molar-refractivity contribution in [1.29, 1.82) is 0 Å². The lowest BCUT2D eigenvalue weighted by molar-refractivity contribution is -0.109. The zero-order valence-electron chi connectivity index (χ0n) is 9.28. The van der Waals surface area contributed by atoms with E-state index in [1.807, 2.05) is 0 Å². The van der Waals surface area contributed by atoms with E-state index in [9.17, 15) is 0 Å². The first kappa shape index (κ1) is 11.7. The molecule has 0 saturated carbocycles. The maximum atomic E-state index is 6.10. The van der Waals surface area contributed by atoms with Gasteiger partial charge in [-0.3, -0.25) is 0 Å². The molecular formula is C11H11ClIN3O. The first-order chi connectivity index (χ1) is 8.09. The van der Waals surface area contributed by atoms with Gasteiger partial charge in [0.1, 0.15) is 17.1 Å². The Morgan fingerprint density at radius 3 is 2.94 bits per heavy atom. The molecule has 0 radical (unpaired) electrons. The molecule has 1 saturated heterocycles. The van der Waals surface area contributed by atoms with Gasteiger partial charge in [0.15, 0.2) is 0 Å². The maximum Gasteiger partial charge on any atom is 0.145 e. The number of nitrogens with zero attached hydrogens (tertiary/aromatic N) is 3.